The van der Waals surface area contributed by atoms with Crippen LogP contribution in [-0.2, 0) is 69.7 Å². The molecule has 0 aromatic heterocycles. The van der Waals surface area contributed by atoms with Gasteiger partial charge in [-0.1, -0.05) is 0 Å². The summed E-state index contributed by atoms with van der Waals surface area (Å²) in [6.07, 6.45) is 5.65. The van der Waals surface area contributed by atoms with Crippen molar-refractivity contribution >= 4 is 22.1 Å². The van der Waals surface area contributed by atoms with Crippen molar-refractivity contribution in [1.82, 2.24) is 0 Å². The van der Waals surface area contributed by atoms with E-state index in [0.717, 1.165) is 0 Å². The average Bonchev–Trinajstić information content (AvgIpc) is 2.52. The zero-order valence-corrected chi connectivity index (χ0v) is 20.3. The molecule has 10 heteroatoms. The number of rotatable bonds is 14. The van der Waals surface area contributed by atoms with Gasteiger partial charge in [0.15, 0.2) is 0 Å². The van der Waals surface area contributed by atoms with Crippen molar-refractivity contribution in [2.75, 3.05) is 0 Å². The third-order valence-electron chi connectivity index (χ3n) is 2.97. The van der Waals surface area contributed by atoms with Crippen molar-refractivity contribution < 1.29 is 72.6 Å². The first-order chi connectivity index (χ1) is 12.2. The summed E-state index contributed by atoms with van der Waals surface area (Å²) in [6.45, 7) is 14.3. The van der Waals surface area contributed by atoms with Gasteiger partial charge in [0.1, 0.15) is 0 Å². The van der Waals surface area contributed by atoms with Crippen LogP contribution in [0, 0.1) is 0 Å². The molecule has 0 amide bonds. The Morgan fingerprint density at radius 3 is 1.62 bits per heavy atom. The van der Waals surface area contributed by atoms with Crippen LogP contribution in [0.15, 0.2) is 50.6 Å². The first-order valence-electron chi connectivity index (χ1n) is 7.71. The predicted molar refractivity (Wildman–Crippen MR) is 92.2 cm³/mol. The van der Waals surface area contributed by atoms with Gasteiger partial charge in [0, 0.05) is 0 Å². The van der Waals surface area contributed by atoms with Crippen molar-refractivity contribution in [3.05, 3.63) is 50.6 Å². The first-order valence-corrected chi connectivity index (χ1v) is 18.2. The van der Waals surface area contributed by atoms with E-state index in [1.807, 2.05) is 0 Å². The van der Waals surface area contributed by atoms with Crippen LogP contribution in [0.1, 0.15) is 6.42 Å². The third-order valence-corrected chi connectivity index (χ3v) is 13.8. The maximum atomic E-state index is 12.2. The fourth-order valence-electron chi connectivity index (χ4n) is 1.85. The van der Waals surface area contributed by atoms with Gasteiger partial charge in [0.05, 0.1) is 0 Å². The molecule has 0 saturated carbocycles. The summed E-state index contributed by atoms with van der Waals surface area (Å²) in [5.74, 6) is -1.97. The van der Waals surface area contributed by atoms with E-state index in [-0.39, 0.29) is 0 Å². The fourth-order valence-corrected chi connectivity index (χ4v) is 9.55. The summed E-state index contributed by atoms with van der Waals surface area (Å²) in [6, 6.07) is 0. The van der Waals surface area contributed by atoms with Crippen molar-refractivity contribution in [1.29, 1.82) is 0 Å². The molecule has 0 aliphatic rings. The van der Waals surface area contributed by atoms with Gasteiger partial charge in [0.25, 0.3) is 0 Å². The Bertz CT molecular complexity index is 611. The summed E-state index contributed by atoms with van der Waals surface area (Å²) in [5, 5.41) is -1.99. The number of carbonyl (C=O) groups is 2. The Kier molecular flexibility index (Phi) is 13.5. The van der Waals surface area contributed by atoms with Gasteiger partial charge >= 0.3 is 173 Å². The molecular weight excluding hydrogens is 519 g/mol. The Morgan fingerprint density at radius 2 is 1.27 bits per heavy atom. The third kappa shape index (κ3) is 10.7. The molecule has 0 heterocycles. The van der Waals surface area contributed by atoms with E-state index >= 15 is 0 Å². The predicted octanol–water partition coefficient (Wildman–Crippen LogP) is 3.20. The van der Waals surface area contributed by atoms with Gasteiger partial charge in [-0.25, -0.2) is 0 Å². The number of hydrogen-bond acceptors (Lipinski definition) is 6. The van der Waals surface area contributed by atoms with Gasteiger partial charge in [-0.3, -0.25) is 0 Å². The molecule has 0 aromatic rings. The fraction of sp³-hybridized carbons (Fsp3) is 0.375. The van der Waals surface area contributed by atoms with E-state index in [9.17, 15) is 22.6 Å². The van der Waals surface area contributed by atoms with Crippen molar-refractivity contribution in [2.45, 2.75) is 28.2 Å². The van der Waals surface area contributed by atoms with Crippen LogP contribution < -0.4 is 0 Å². The molecule has 144 valence electrons. The van der Waals surface area contributed by atoms with Gasteiger partial charge in [-0.2, -0.15) is 0 Å². The molecule has 0 spiro atoms. The molecule has 1 atom stereocenters. The zero-order valence-electron chi connectivity index (χ0n) is 14.6. The van der Waals surface area contributed by atoms with Crippen molar-refractivity contribution in [3.63, 3.8) is 0 Å². The molecule has 1 N–H and O–H groups in total. The molecule has 0 aliphatic carbocycles. The Balaban J connectivity index is 5.14. The second kappa shape index (κ2) is 13.7. The molecule has 0 fully saturated rings. The van der Waals surface area contributed by atoms with Crippen LogP contribution in [0.2, 0.25) is 16.5 Å². The standard InChI is InChI=1S/C4H6O7S.4C3H5.2Zr/c5-3(6)1-2(4(7)8)12(9,10)11;4*1-3-2;;/h2H,1H2,(H,5,6)(H,7,8)(H,9,10,11);4*3H,1-2H2;;/q;;;;;2*+1/p-2. The minimum atomic E-state index is -4.81. The van der Waals surface area contributed by atoms with Crippen molar-refractivity contribution in [3.8, 4) is 0 Å². The van der Waals surface area contributed by atoms with Gasteiger partial charge in [-0.05, 0) is 0 Å². The molecule has 0 saturated heterocycles. The number of carbonyl (C=O) groups excluding carboxylic acids is 2. The molecule has 0 radical (unpaired) electrons. The van der Waals surface area contributed by atoms with Crippen LogP contribution in [-0.4, -0.2) is 30.2 Å². The van der Waals surface area contributed by atoms with Gasteiger partial charge in [0.2, 0.25) is 0 Å². The number of allylic oxidation sites excluding steroid dienone is 4. The molecule has 0 bridgehead atoms. The Morgan fingerprint density at radius 1 is 0.885 bits per heavy atom. The molecule has 0 aliphatic heterocycles. The topological polar surface area (TPSA) is 107 Å². The molecule has 26 heavy (non-hydrogen) atoms. The van der Waals surface area contributed by atoms with E-state index in [1.165, 1.54) is 0 Å². The van der Waals surface area contributed by atoms with Crippen LogP contribution >= 0.6 is 0 Å². The molecular formula is C16H24O7SZr2. The van der Waals surface area contributed by atoms with E-state index in [0.29, 0.717) is 16.5 Å². The van der Waals surface area contributed by atoms with Gasteiger partial charge in [-0.15, -0.1) is 0 Å². The average molecular weight is 543 g/mol. The molecule has 1 unspecified atom stereocenters. The number of hydrogen-bond donors (Lipinski definition) is 1. The summed E-state index contributed by atoms with van der Waals surface area (Å²) in [5.41, 5.74) is 0. The Hall–Kier alpha value is -0.424. The zero-order chi connectivity index (χ0) is 20.2. The summed E-state index contributed by atoms with van der Waals surface area (Å²) >= 11 is -5.37. The monoisotopic (exact) mass is 540 g/mol. The van der Waals surface area contributed by atoms with E-state index in [4.69, 9.17) is 5.63 Å². The molecule has 0 rings (SSSR count). The molecule has 7 nitrogen and oxygen atoms in total. The van der Waals surface area contributed by atoms with E-state index < -0.39 is 78.1 Å². The van der Waals surface area contributed by atoms with E-state index in [1.54, 1.807) is 24.3 Å². The maximum absolute atomic E-state index is 12.2. The van der Waals surface area contributed by atoms with E-state index in [2.05, 4.69) is 26.3 Å². The van der Waals surface area contributed by atoms with Crippen LogP contribution in [0.5, 0.6) is 0 Å². The Labute approximate surface area is 172 Å². The van der Waals surface area contributed by atoms with Crippen molar-refractivity contribution in [2.24, 2.45) is 0 Å². The van der Waals surface area contributed by atoms with Crippen LogP contribution in [0.25, 0.3) is 0 Å². The van der Waals surface area contributed by atoms with Crippen LogP contribution in [0.3, 0.4) is 0 Å². The molecule has 0 aromatic carbocycles. The minimum absolute atomic E-state index is 0.471. The van der Waals surface area contributed by atoms with Crippen LogP contribution in [0.4, 0.5) is 0 Å². The second-order valence-electron chi connectivity index (χ2n) is 5.15. The van der Waals surface area contributed by atoms with Gasteiger partial charge < -0.3 is 0 Å². The SMILES string of the molecule is C=C[CH2][Zr]([CH2]C=C)[O]C(=O)CC(C(=O)[O][Zr]([CH2]C=C)[CH2]C=C)S(=O)(=O)O. The summed E-state index contributed by atoms with van der Waals surface area (Å²) in [7, 11) is -4.81. The first kappa shape index (κ1) is 25.6. The second-order valence-corrected chi connectivity index (χ2v) is 17.1. The summed E-state index contributed by atoms with van der Waals surface area (Å²) in [4.78, 5) is 24.3. The normalized spacial score (nSPS) is 11.6. The summed E-state index contributed by atoms with van der Waals surface area (Å²) < 4.78 is 45.1. The quantitative estimate of drug-likeness (QED) is 0.265.